The van der Waals surface area contributed by atoms with Crippen molar-refractivity contribution >= 4 is 6.03 Å². The fraction of sp³-hybridized carbons (Fsp3) is 0.545. The van der Waals surface area contributed by atoms with Crippen molar-refractivity contribution in [3.05, 3.63) is 47.5 Å². The molecular formula is C22H30N4O2. The van der Waals surface area contributed by atoms with E-state index < -0.39 is 0 Å². The lowest BCUT2D eigenvalue weighted by atomic mass is 10.0. The molecule has 6 heteroatoms. The van der Waals surface area contributed by atoms with E-state index in [2.05, 4.69) is 21.8 Å². The topological polar surface area (TPSA) is 59.4 Å². The van der Waals surface area contributed by atoms with Crippen LogP contribution in [0.25, 0.3) is 0 Å². The van der Waals surface area contributed by atoms with Gasteiger partial charge in [0.05, 0.1) is 7.11 Å². The highest BCUT2D eigenvalue weighted by Gasteiger charge is 2.29. The smallest absolute Gasteiger partial charge is 0.317 e. The number of rotatable bonds is 7. The molecule has 1 N–H and O–H groups in total. The SMILES string of the molecule is COc1ccc(CNC(=O)N2CCC(Cc3ncc(C)n3CC3CC3)C2)cc1. The van der Waals surface area contributed by atoms with Crippen molar-refractivity contribution in [2.75, 3.05) is 20.2 Å². The minimum Gasteiger partial charge on any atom is -0.497 e. The largest absolute Gasteiger partial charge is 0.497 e. The van der Waals surface area contributed by atoms with Crippen LogP contribution in [-0.2, 0) is 19.5 Å². The first-order valence-corrected chi connectivity index (χ1v) is 10.3. The number of hydrogen-bond acceptors (Lipinski definition) is 3. The van der Waals surface area contributed by atoms with E-state index in [0.29, 0.717) is 12.5 Å². The van der Waals surface area contributed by atoms with Gasteiger partial charge in [0.2, 0.25) is 0 Å². The number of nitrogens with zero attached hydrogens (tertiary/aromatic N) is 3. The number of urea groups is 1. The van der Waals surface area contributed by atoms with Crippen LogP contribution in [0.3, 0.4) is 0 Å². The van der Waals surface area contributed by atoms with Gasteiger partial charge in [-0.2, -0.15) is 0 Å². The van der Waals surface area contributed by atoms with Gasteiger partial charge in [-0.05, 0) is 55.7 Å². The number of ether oxygens (including phenoxy) is 1. The van der Waals surface area contributed by atoms with Gasteiger partial charge in [-0.15, -0.1) is 0 Å². The van der Waals surface area contributed by atoms with Gasteiger partial charge in [0.25, 0.3) is 0 Å². The molecule has 2 heterocycles. The summed E-state index contributed by atoms with van der Waals surface area (Å²) in [4.78, 5) is 19.1. The third-order valence-corrected chi connectivity index (χ3v) is 5.92. The first-order valence-electron chi connectivity index (χ1n) is 10.3. The summed E-state index contributed by atoms with van der Waals surface area (Å²) in [6.45, 7) is 5.42. The molecule has 0 radical (unpaired) electrons. The second-order valence-corrected chi connectivity index (χ2v) is 8.18. The average molecular weight is 383 g/mol. The van der Waals surface area contributed by atoms with Crippen LogP contribution in [0.2, 0.25) is 0 Å². The van der Waals surface area contributed by atoms with Gasteiger partial charge in [0.15, 0.2) is 0 Å². The van der Waals surface area contributed by atoms with Crippen molar-refractivity contribution in [2.45, 2.75) is 45.7 Å². The maximum Gasteiger partial charge on any atom is 0.317 e. The molecule has 6 nitrogen and oxygen atoms in total. The lowest BCUT2D eigenvalue weighted by Crippen LogP contribution is -2.38. The highest BCUT2D eigenvalue weighted by Crippen LogP contribution is 2.32. The minimum atomic E-state index is 0.0239. The van der Waals surface area contributed by atoms with E-state index >= 15 is 0 Å². The van der Waals surface area contributed by atoms with Gasteiger partial charge in [0, 0.05) is 44.5 Å². The van der Waals surface area contributed by atoms with E-state index in [1.165, 1.54) is 24.4 Å². The standard InChI is InChI=1S/C22H30N4O2/c1-16-12-23-21(26(16)15-18-3-4-18)11-19-9-10-25(14-19)22(27)24-13-17-5-7-20(28-2)8-6-17/h5-8,12,18-19H,3-4,9-11,13-15H2,1-2H3,(H,24,27). The summed E-state index contributed by atoms with van der Waals surface area (Å²) in [7, 11) is 1.65. The summed E-state index contributed by atoms with van der Waals surface area (Å²) in [6.07, 6.45) is 6.70. The average Bonchev–Trinajstić information content (AvgIpc) is 3.31. The predicted molar refractivity (Wildman–Crippen MR) is 108 cm³/mol. The number of carbonyl (C=O) groups is 1. The maximum absolute atomic E-state index is 12.5. The van der Waals surface area contributed by atoms with Gasteiger partial charge in [-0.1, -0.05) is 12.1 Å². The van der Waals surface area contributed by atoms with Crippen molar-refractivity contribution in [3.63, 3.8) is 0 Å². The normalized spacial score (nSPS) is 19.1. The number of methoxy groups -OCH3 is 1. The van der Waals surface area contributed by atoms with Crippen molar-refractivity contribution in [1.29, 1.82) is 0 Å². The highest BCUT2D eigenvalue weighted by molar-refractivity contribution is 5.74. The Hall–Kier alpha value is -2.50. The molecule has 4 rings (SSSR count). The first kappa shape index (κ1) is 18.8. The van der Waals surface area contributed by atoms with Crippen LogP contribution < -0.4 is 10.1 Å². The van der Waals surface area contributed by atoms with E-state index in [1.54, 1.807) is 7.11 Å². The quantitative estimate of drug-likeness (QED) is 0.799. The van der Waals surface area contributed by atoms with E-state index in [9.17, 15) is 4.79 Å². The van der Waals surface area contributed by atoms with Crippen LogP contribution in [0.4, 0.5) is 4.79 Å². The fourth-order valence-corrected chi connectivity index (χ4v) is 3.96. The Bertz CT molecular complexity index is 810. The zero-order valence-electron chi connectivity index (χ0n) is 16.9. The molecule has 2 amide bonds. The van der Waals surface area contributed by atoms with Gasteiger partial charge < -0.3 is 19.5 Å². The molecule has 2 aliphatic rings. The molecule has 1 unspecified atom stereocenters. The lowest BCUT2D eigenvalue weighted by Gasteiger charge is -2.18. The van der Waals surface area contributed by atoms with E-state index in [0.717, 1.165) is 49.7 Å². The number of likely N-dealkylation sites (tertiary alicyclic amines) is 1. The van der Waals surface area contributed by atoms with Crippen LogP contribution in [0.1, 0.15) is 36.3 Å². The van der Waals surface area contributed by atoms with E-state index in [4.69, 9.17) is 4.74 Å². The summed E-state index contributed by atoms with van der Waals surface area (Å²) in [5.41, 5.74) is 2.33. The van der Waals surface area contributed by atoms with Gasteiger partial charge in [-0.25, -0.2) is 9.78 Å². The maximum atomic E-state index is 12.5. The summed E-state index contributed by atoms with van der Waals surface area (Å²) >= 11 is 0. The number of aryl methyl sites for hydroxylation is 1. The molecule has 1 aromatic carbocycles. The Morgan fingerprint density at radius 1 is 1.21 bits per heavy atom. The van der Waals surface area contributed by atoms with Crippen LogP contribution in [0, 0.1) is 18.8 Å². The number of imidazole rings is 1. The molecule has 1 aliphatic heterocycles. The number of benzene rings is 1. The van der Waals surface area contributed by atoms with Crippen LogP contribution >= 0.6 is 0 Å². The van der Waals surface area contributed by atoms with Crippen LogP contribution in [0.5, 0.6) is 5.75 Å². The molecule has 1 aliphatic carbocycles. The van der Waals surface area contributed by atoms with E-state index in [1.807, 2.05) is 35.4 Å². The lowest BCUT2D eigenvalue weighted by molar-refractivity contribution is 0.206. The molecular weight excluding hydrogens is 352 g/mol. The zero-order chi connectivity index (χ0) is 19.5. The molecule has 1 saturated carbocycles. The predicted octanol–water partition coefficient (Wildman–Crippen LogP) is 3.38. The number of carbonyl (C=O) groups excluding carboxylic acids is 1. The van der Waals surface area contributed by atoms with Crippen LogP contribution in [-0.4, -0.2) is 40.7 Å². The molecule has 1 aromatic heterocycles. The third-order valence-electron chi connectivity index (χ3n) is 5.92. The Morgan fingerprint density at radius 3 is 2.71 bits per heavy atom. The monoisotopic (exact) mass is 382 g/mol. The summed E-state index contributed by atoms with van der Waals surface area (Å²) in [6, 6.07) is 7.82. The van der Waals surface area contributed by atoms with Crippen molar-refractivity contribution < 1.29 is 9.53 Å². The number of nitrogens with one attached hydrogen (secondary N) is 1. The highest BCUT2D eigenvalue weighted by atomic mass is 16.5. The Labute approximate surface area is 166 Å². The van der Waals surface area contributed by atoms with E-state index in [-0.39, 0.29) is 6.03 Å². The molecule has 150 valence electrons. The molecule has 1 atom stereocenters. The molecule has 0 bridgehead atoms. The van der Waals surface area contributed by atoms with Crippen LogP contribution in [0.15, 0.2) is 30.5 Å². The Morgan fingerprint density at radius 2 is 2.00 bits per heavy atom. The molecule has 0 spiro atoms. The van der Waals surface area contributed by atoms with Crippen molar-refractivity contribution in [1.82, 2.24) is 19.8 Å². The summed E-state index contributed by atoms with van der Waals surface area (Å²) in [5.74, 6) is 3.35. The number of hydrogen-bond donors (Lipinski definition) is 1. The number of amides is 2. The molecule has 28 heavy (non-hydrogen) atoms. The summed E-state index contributed by atoms with van der Waals surface area (Å²) in [5, 5.41) is 3.04. The van der Waals surface area contributed by atoms with Gasteiger partial charge >= 0.3 is 6.03 Å². The fourth-order valence-electron chi connectivity index (χ4n) is 3.96. The first-order chi connectivity index (χ1) is 13.6. The zero-order valence-corrected chi connectivity index (χ0v) is 16.9. The Balaban J connectivity index is 1.27. The second-order valence-electron chi connectivity index (χ2n) is 8.18. The molecule has 2 aromatic rings. The van der Waals surface area contributed by atoms with Gasteiger partial charge in [-0.3, -0.25) is 0 Å². The summed E-state index contributed by atoms with van der Waals surface area (Å²) < 4.78 is 7.56. The Kier molecular flexibility index (Phi) is 5.55. The number of aromatic nitrogens is 2. The second kappa shape index (κ2) is 8.25. The molecule has 2 fully saturated rings. The van der Waals surface area contributed by atoms with Gasteiger partial charge in [0.1, 0.15) is 11.6 Å². The third kappa shape index (κ3) is 4.49. The van der Waals surface area contributed by atoms with Crippen molar-refractivity contribution in [2.24, 2.45) is 11.8 Å². The molecule has 1 saturated heterocycles. The van der Waals surface area contributed by atoms with Crippen molar-refractivity contribution in [3.8, 4) is 5.75 Å². The minimum absolute atomic E-state index is 0.0239.